The first-order chi connectivity index (χ1) is 13.0. The van der Waals surface area contributed by atoms with Crippen LogP contribution in [0.1, 0.15) is 50.3 Å². The highest BCUT2D eigenvalue weighted by Crippen LogP contribution is 2.24. The number of carbonyl (C=O) groups is 1. The fourth-order valence-electron chi connectivity index (χ4n) is 3.59. The Hall–Kier alpha value is -2.36. The molecule has 0 saturated carbocycles. The van der Waals surface area contributed by atoms with E-state index in [1.165, 1.54) is 24.6 Å². The van der Waals surface area contributed by atoms with E-state index < -0.39 is 0 Å². The molecule has 2 aromatic carbocycles. The first-order valence-electron chi connectivity index (χ1n) is 9.90. The first kappa shape index (κ1) is 19.4. The van der Waals surface area contributed by atoms with Crippen LogP contribution in [-0.4, -0.2) is 19.0 Å². The predicted octanol–water partition coefficient (Wildman–Crippen LogP) is 4.87. The van der Waals surface area contributed by atoms with Gasteiger partial charge in [0.2, 0.25) is 5.91 Å². The second kappa shape index (κ2) is 9.03. The van der Waals surface area contributed by atoms with Crippen LogP contribution in [0.4, 0.5) is 10.1 Å². The van der Waals surface area contributed by atoms with Crippen molar-refractivity contribution in [2.45, 2.75) is 45.6 Å². The molecule has 27 heavy (non-hydrogen) atoms. The molecule has 1 heterocycles. The maximum absolute atomic E-state index is 13.6. The summed E-state index contributed by atoms with van der Waals surface area (Å²) in [5, 5.41) is 3.02. The van der Waals surface area contributed by atoms with Gasteiger partial charge < -0.3 is 10.2 Å². The lowest BCUT2D eigenvalue weighted by atomic mass is 9.98. The number of aryl methyl sites for hydroxylation is 1. The number of piperidine rings is 1. The molecule has 0 aromatic heterocycles. The molecule has 3 nitrogen and oxygen atoms in total. The van der Waals surface area contributed by atoms with Crippen molar-refractivity contribution in [3.8, 4) is 0 Å². The molecule has 1 fully saturated rings. The van der Waals surface area contributed by atoms with E-state index in [9.17, 15) is 9.18 Å². The second-order valence-corrected chi connectivity index (χ2v) is 7.64. The van der Waals surface area contributed by atoms with Crippen LogP contribution >= 0.6 is 0 Å². The summed E-state index contributed by atoms with van der Waals surface area (Å²) in [6, 6.07) is 15.0. The van der Waals surface area contributed by atoms with E-state index in [-0.39, 0.29) is 24.2 Å². The molecule has 0 radical (unpaired) electrons. The normalized spacial score (nSPS) is 16.2. The third-order valence-electron chi connectivity index (χ3n) is 5.50. The zero-order valence-corrected chi connectivity index (χ0v) is 16.2. The summed E-state index contributed by atoms with van der Waals surface area (Å²) in [4.78, 5) is 14.6. The summed E-state index contributed by atoms with van der Waals surface area (Å²) >= 11 is 0. The number of hydrogen-bond donors (Lipinski definition) is 1. The van der Waals surface area contributed by atoms with E-state index in [4.69, 9.17) is 0 Å². The molecule has 1 aliphatic heterocycles. The van der Waals surface area contributed by atoms with Crippen LogP contribution in [0.3, 0.4) is 0 Å². The highest BCUT2D eigenvalue weighted by Gasteiger charge is 2.16. The van der Waals surface area contributed by atoms with Crippen molar-refractivity contribution in [2.75, 3.05) is 18.0 Å². The van der Waals surface area contributed by atoms with Crippen molar-refractivity contribution >= 4 is 11.6 Å². The molecule has 0 bridgehead atoms. The maximum Gasteiger partial charge on any atom is 0.220 e. The van der Waals surface area contributed by atoms with Crippen molar-refractivity contribution in [1.29, 1.82) is 0 Å². The molecule has 0 spiro atoms. The number of nitrogens with zero attached hydrogens (tertiary/aromatic N) is 1. The van der Waals surface area contributed by atoms with Crippen LogP contribution in [-0.2, 0) is 11.2 Å². The van der Waals surface area contributed by atoms with Gasteiger partial charge in [0.15, 0.2) is 0 Å². The van der Waals surface area contributed by atoms with Crippen LogP contribution in [0.5, 0.6) is 0 Å². The van der Waals surface area contributed by atoms with Gasteiger partial charge in [0, 0.05) is 25.2 Å². The van der Waals surface area contributed by atoms with Gasteiger partial charge in [0.25, 0.3) is 0 Å². The lowest BCUT2D eigenvalue weighted by Crippen LogP contribution is -2.32. The molecule has 144 valence electrons. The van der Waals surface area contributed by atoms with Gasteiger partial charge in [-0.25, -0.2) is 4.39 Å². The Labute approximate surface area is 161 Å². The number of hydrogen-bond acceptors (Lipinski definition) is 2. The Kier molecular flexibility index (Phi) is 6.49. The Morgan fingerprint density at radius 1 is 1.15 bits per heavy atom. The van der Waals surface area contributed by atoms with E-state index in [1.54, 1.807) is 18.2 Å². The summed E-state index contributed by atoms with van der Waals surface area (Å²) in [5.41, 5.74) is 2.92. The van der Waals surface area contributed by atoms with Gasteiger partial charge in [0.05, 0.1) is 6.04 Å². The molecule has 1 saturated heterocycles. The molecule has 1 amide bonds. The van der Waals surface area contributed by atoms with Crippen LogP contribution in [0.25, 0.3) is 0 Å². The molecule has 0 aliphatic carbocycles. The number of anilines is 1. The molecule has 1 aliphatic rings. The van der Waals surface area contributed by atoms with Crippen molar-refractivity contribution < 1.29 is 9.18 Å². The fourth-order valence-corrected chi connectivity index (χ4v) is 3.59. The molecule has 1 N–H and O–H groups in total. The van der Waals surface area contributed by atoms with E-state index in [0.29, 0.717) is 12.0 Å². The standard InChI is InChI=1S/C23H29FN2O/c1-17-13-15-26(16-14-17)21-10-7-19(8-11-21)18(2)25-23(27)12-9-20-5-3-4-6-22(20)24/h3-8,10-11,17-18H,9,12-16H2,1-2H3,(H,25,27)/t18-/m1/s1. The largest absolute Gasteiger partial charge is 0.372 e. The van der Waals surface area contributed by atoms with Crippen LogP contribution in [0.2, 0.25) is 0 Å². The quantitative estimate of drug-likeness (QED) is 0.789. The molecule has 0 unspecified atom stereocenters. The van der Waals surface area contributed by atoms with Crippen molar-refractivity contribution in [1.82, 2.24) is 5.32 Å². The minimum atomic E-state index is -0.249. The van der Waals surface area contributed by atoms with Crippen molar-refractivity contribution in [3.05, 3.63) is 65.5 Å². The number of amides is 1. The van der Waals surface area contributed by atoms with Crippen molar-refractivity contribution in [3.63, 3.8) is 0 Å². The smallest absolute Gasteiger partial charge is 0.220 e. The lowest BCUT2D eigenvalue weighted by Gasteiger charge is -2.32. The minimum Gasteiger partial charge on any atom is -0.372 e. The van der Waals surface area contributed by atoms with Crippen LogP contribution in [0.15, 0.2) is 48.5 Å². The van der Waals surface area contributed by atoms with Crippen LogP contribution in [0, 0.1) is 11.7 Å². The third-order valence-corrected chi connectivity index (χ3v) is 5.50. The third kappa shape index (κ3) is 5.31. The topological polar surface area (TPSA) is 32.3 Å². The summed E-state index contributed by atoms with van der Waals surface area (Å²) in [6.45, 7) is 6.53. The van der Waals surface area contributed by atoms with E-state index in [2.05, 4.69) is 41.4 Å². The average Bonchev–Trinajstić information content (AvgIpc) is 2.68. The summed E-state index contributed by atoms with van der Waals surface area (Å²) < 4.78 is 13.6. The predicted molar refractivity (Wildman–Crippen MR) is 108 cm³/mol. The second-order valence-electron chi connectivity index (χ2n) is 7.64. The molecule has 3 rings (SSSR count). The highest BCUT2D eigenvalue weighted by atomic mass is 19.1. The van der Waals surface area contributed by atoms with Gasteiger partial charge in [-0.05, 0) is 61.4 Å². The van der Waals surface area contributed by atoms with Gasteiger partial charge in [-0.3, -0.25) is 4.79 Å². The Balaban J connectivity index is 1.50. The van der Waals surface area contributed by atoms with E-state index >= 15 is 0 Å². The lowest BCUT2D eigenvalue weighted by molar-refractivity contribution is -0.121. The minimum absolute atomic E-state index is 0.0557. The Morgan fingerprint density at radius 2 is 1.81 bits per heavy atom. The monoisotopic (exact) mass is 368 g/mol. The highest BCUT2D eigenvalue weighted by molar-refractivity contribution is 5.76. The van der Waals surface area contributed by atoms with Crippen LogP contribution < -0.4 is 10.2 Å². The van der Waals surface area contributed by atoms with Gasteiger partial charge >= 0.3 is 0 Å². The number of halogens is 1. The molecular formula is C23H29FN2O. The van der Waals surface area contributed by atoms with Crippen molar-refractivity contribution in [2.24, 2.45) is 5.92 Å². The summed E-state index contributed by atoms with van der Waals surface area (Å²) in [7, 11) is 0. The summed E-state index contributed by atoms with van der Waals surface area (Å²) in [5.74, 6) is 0.515. The molecule has 2 aromatic rings. The number of rotatable bonds is 6. The van der Waals surface area contributed by atoms with Gasteiger partial charge in [-0.15, -0.1) is 0 Å². The Bertz CT molecular complexity index is 751. The van der Waals surface area contributed by atoms with Gasteiger partial charge in [-0.1, -0.05) is 37.3 Å². The fraction of sp³-hybridized carbons (Fsp3) is 0.435. The maximum atomic E-state index is 13.6. The summed E-state index contributed by atoms with van der Waals surface area (Å²) in [6.07, 6.45) is 3.19. The SMILES string of the molecule is CC1CCN(c2ccc([C@@H](C)NC(=O)CCc3ccccc3F)cc2)CC1. The van der Waals surface area contributed by atoms with E-state index in [0.717, 1.165) is 24.6 Å². The van der Waals surface area contributed by atoms with Gasteiger partial charge in [0.1, 0.15) is 5.82 Å². The van der Waals surface area contributed by atoms with E-state index in [1.807, 2.05) is 6.92 Å². The first-order valence-corrected chi connectivity index (χ1v) is 9.90. The zero-order chi connectivity index (χ0) is 19.2. The zero-order valence-electron chi connectivity index (χ0n) is 16.2. The van der Waals surface area contributed by atoms with Gasteiger partial charge in [-0.2, -0.15) is 0 Å². The number of benzene rings is 2. The molecule has 1 atom stereocenters. The number of carbonyl (C=O) groups excluding carboxylic acids is 1. The molecular weight excluding hydrogens is 339 g/mol. The average molecular weight is 368 g/mol. The Morgan fingerprint density at radius 3 is 2.48 bits per heavy atom. The number of nitrogens with one attached hydrogen (secondary N) is 1. The molecule has 4 heteroatoms.